The van der Waals surface area contributed by atoms with Crippen molar-refractivity contribution in [2.75, 3.05) is 0 Å². The second kappa shape index (κ2) is 4.63. The Morgan fingerprint density at radius 3 is 2.80 bits per heavy atom. The number of benzene rings is 1. The number of aliphatic hydroxyl groups excluding tert-OH is 1. The van der Waals surface area contributed by atoms with Crippen molar-refractivity contribution < 1.29 is 5.11 Å². The highest BCUT2D eigenvalue weighted by Crippen LogP contribution is 2.28. The molecule has 1 aromatic carbocycles. The molecular formula is C12H11IOS. The van der Waals surface area contributed by atoms with E-state index >= 15 is 0 Å². The third kappa shape index (κ3) is 2.24. The van der Waals surface area contributed by atoms with Crippen LogP contribution in [0, 0.1) is 10.5 Å². The minimum absolute atomic E-state index is 0.497. The van der Waals surface area contributed by atoms with Crippen molar-refractivity contribution in [2.24, 2.45) is 0 Å². The Bertz CT molecular complexity index is 451. The van der Waals surface area contributed by atoms with Crippen molar-refractivity contribution >= 4 is 33.9 Å². The van der Waals surface area contributed by atoms with Gasteiger partial charge in [-0.15, -0.1) is 0 Å². The van der Waals surface area contributed by atoms with Crippen LogP contribution in [-0.2, 0) is 0 Å². The molecule has 0 radical (unpaired) electrons. The van der Waals surface area contributed by atoms with Crippen molar-refractivity contribution in [3.05, 3.63) is 55.3 Å². The number of hydrogen-bond donors (Lipinski definition) is 1. The lowest BCUT2D eigenvalue weighted by Gasteiger charge is -2.12. The number of thiophene rings is 1. The third-order valence-electron chi connectivity index (χ3n) is 2.38. The zero-order valence-corrected chi connectivity index (χ0v) is 11.2. The molecule has 78 valence electrons. The highest BCUT2D eigenvalue weighted by molar-refractivity contribution is 14.1. The molecule has 15 heavy (non-hydrogen) atoms. The summed E-state index contributed by atoms with van der Waals surface area (Å²) in [5.74, 6) is 0. The summed E-state index contributed by atoms with van der Waals surface area (Å²) in [6.07, 6.45) is -0.497. The second-order valence-electron chi connectivity index (χ2n) is 3.44. The molecule has 1 heterocycles. The number of halogens is 1. The Hall–Kier alpha value is -0.390. The Labute approximate surface area is 107 Å². The second-order valence-corrected chi connectivity index (χ2v) is 5.30. The van der Waals surface area contributed by atoms with Gasteiger partial charge in [-0.25, -0.2) is 0 Å². The average Bonchev–Trinajstić information content (AvgIpc) is 2.74. The van der Waals surface area contributed by atoms with Crippen LogP contribution in [0.15, 0.2) is 35.0 Å². The fourth-order valence-electron chi connectivity index (χ4n) is 1.49. The predicted octanol–water partition coefficient (Wildman–Crippen LogP) is 3.74. The Morgan fingerprint density at radius 2 is 2.13 bits per heavy atom. The predicted molar refractivity (Wildman–Crippen MR) is 72.3 cm³/mol. The van der Waals surface area contributed by atoms with Crippen LogP contribution in [0.1, 0.15) is 22.8 Å². The van der Waals surface area contributed by atoms with Gasteiger partial charge in [0.2, 0.25) is 0 Å². The first-order valence-electron chi connectivity index (χ1n) is 4.65. The Morgan fingerprint density at radius 1 is 1.33 bits per heavy atom. The molecule has 0 aliphatic carbocycles. The summed E-state index contributed by atoms with van der Waals surface area (Å²) in [5, 5.41) is 14.2. The fourth-order valence-corrected chi connectivity index (χ4v) is 2.82. The van der Waals surface area contributed by atoms with Crippen LogP contribution in [0.3, 0.4) is 0 Å². The van der Waals surface area contributed by atoms with Crippen LogP contribution in [0.2, 0.25) is 0 Å². The highest BCUT2D eigenvalue weighted by Gasteiger charge is 2.14. The van der Waals surface area contributed by atoms with E-state index in [4.69, 9.17) is 0 Å². The maximum absolute atomic E-state index is 10.2. The van der Waals surface area contributed by atoms with Gasteiger partial charge in [-0.3, -0.25) is 0 Å². The van der Waals surface area contributed by atoms with E-state index in [9.17, 15) is 5.11 Å². The van der Waals surface area contributed by atoms with Gasteiger partial charge in [0.15, 0.2) is 0 Å². The van der Waals surface area contributed by atoms with Crippen molar-refractivity contribution in [3.63, 3.8) is 0 Å². The summed E-state index contributed by atoms with van der Waals surface area (Å²) in [4.78, 5) is 0. The van der Waals surface area contributed by atoms with Crippen molar-refractivity contribution in [1.82, 2.24) is 0 Å². The topological polar surface area (TPSA) is 20.2 Å². The molecule has 2 rings (SSSR count). The first kappa shape index (κ1) is 11.1. The van der Waals surface area contributed by atoms with Gasteiger partial charge in [-0.05, 0) is 63.0 Å². The Kier molecular flexibility index (Phi) is 3.43. The molecule has 0 saturated carbocycles. The molecule has 0 fully saturated rings. The molecule has 0 amide bonds. The maximum atomic E-state index is 10.2. The monoisotopic (exact) mass is 330 g/mol. The van der Waals surface area contributed by atoms with Gasteiger partial charge in [-0.2, -0.15) is 11.3 Å². The van der Waals surface area contributed by atoms with Gasteiger partial charge in [0.25, 0.3) is 0 Å². The first-order valence-corrected chi connectivity index (χ1v) is 6.67. The van der Waals surface area contributed by atoms with Crippen LogP contribution in [0.25, 0.3) is 0 Å². The number of hydrogen-bond acceptors (Lipinski definition) is 2. The van der Waals surface area contributed by atoms with Crippen LogP contribution >= 0.6 is 33.9 Å². The lowest BCUT2D eigenvalue weighted by molar-refractivity contribution is 0.220. The van der Waals surface area contributed by atoms with Crippen LogP contribution < -0.4 is 0 Å². The summed E-state index contributed by atoms with van der Waals surface area (Å²) in [6, 6.07) is 8.00. The Balaban J connectivity index is 2.42. The lowest BCUT2D eigenvalue weighted by atomic mass is 10.0. The molecular weight excluding hydrogens is 319 g/mol. The molecule has 0 spiro atoms. The lowest BCUT2D eigenvalue weighted by Crippen LogP contribution is -2.01. The molecule has 1 aromatic heterocycles. The highest BCUT2D eigenvalue weighted by atomic mass is 127. The van der Waals surface area contributed by atoms with E-state index in [0.29, 0.717) is 0 Å². The maximum Gasteiger partial charge on any atom is 0.106 e. The minimum Gasteiger partial charge on any atom is -0.384 e. The van der Waals surface area contributed by atoms with Crippen LogP contribution in [0.5, 0.6) is 0 Å². The van der Waals surface area contributed by atoms with E-state index in [1.807, 2.05) is 29.0 Å². The quantitative estimate of drug-likeness (QED) is 0.832. The van der Waals surface area contributed by atoms with E-state index in [1.54, 1.807) is 11.3 Å². The standard InChI is InChI=1S/C12H11IOS/c1-8-3-2-4-10(11(8)13)12(14)9-5-6-15-7-9/h2-7,12,14H,1H3. The summed E-state index contributed by atoms with van der Waals surface area (Å²) in [5.41, 5.74) is 3.18. The SMILES string of the molecule is Cc1cccc(C(O)c2ccsc2)c1I. The number of aliphatic hydroxyl groups is 1. The van der Waals surface area contributed by atoms with Gasteiger partial charge in [0.05, 0.1) is 0 Å². The van der Waals surface area contributed by atoms with Gasteiger partial charge < -0.3 is 5.11 Å². The number of rotatable bonds is 2. The van der Waals surface area contributed by atoms with Crippen molar-refractivity contribution in [2.45, 2.75) is 13.0 Å². The molecule has 1 N–H and O–H groups in total. The van der Waals surface area contributed by atoms with E-state index in [-0.39, 0.29) is 0 Å². The molecule has 0 saturated heterocycles. The molecule has 1 atom stereocenters. The smallest absolute Gasteiger partial charge is 0.106 e. The zero-order chi connectivity index (χ0) is 10.8. The van der Waals surface area contributed by atoms with Gasteiger partial charge in [-0.1, -0.05) is 18.2 Å². The van der Waals surface area contributed by atoms with Crippen molar-refractivity contribution in [1.29, 1.82) is 0 Å². The van der Waals surface area contributed by atoms with E-state index in [2.05, 4.69) is 35.6 Å². The molecule has 1 nitrogen and oxygen atoms in total. The van der Waals surface area contributed by atoms with Crippen LogP contribution in [0.4, 0.5) is 0 Å². The van der Waals surface area contributed by atoms with Crippen molar-refractivity contribution in [3.8, 4) is 0 Å². The summed E-state index contributed by atoms with van der Waals surface area (Å²) in [6.45, 7) is 2.06. The fraction of sp³-hybridized carbons (Fsp3) is 0.167. The summed E-state index contributed by atoms with van der Waals surface area (Å²) in [7, 11) is 0. The average molecular weight is 330 g/mol. The molecule has 1 unspecified atom stereocenters. The molecule has 0 aliphatic rings. The summed E-state index contributed by atoms with van der Waals surface area (Å²) < 4.78 is 1.15. The summed E-state index contributed by atoms with van der Waals surface area (Å²) >= 11 is 3.90. The van der Waals surface area contributed by atoms with Gasteiger partial charge in [0, 0.05) is 3.57 Å². The largest absolute Gasteiger partial charge is 0.384 e. The van der Waals surface area contributed by atoms with Crippen LogP contribution in [-0.4, -0.2) is 5.11 Å². The molecule has 0 aliphatic heterocycles. The van der Waals surface area contributed by atoms with E-state index in [1.165, 1.54) is 5.56 Å². The molecule has 3 heteroatoms. The first-order chi connectivity index (χ1) is 7.20. The van der Waals surface area contributed by atoms with Gasteiger partial charge in [0.1, 0.15) is 6.10 Å². The minimum atomic E-state index is -0.497. The zero-order valence-electron chi connectivity index (χ0n) is 8.27. The van der Waals surface area contributed by atoms with Gasteiger partial charge >= 0.3 is 0 Å². The number of aryl methyl sites for hydroxylation is 1. The molecule has 0 bridgehead atoms. The van der Waals surface area contributed by atoms with E-state index in [0.717, 1.165) is 14.7 Å². The van der Waals surface area contributed by atoms with E-state index < -0.39 is 6.10 Å². The third-order valence-corrected chi connectivity index (χ3v) is 4.55. The normalized spacial score (nSPS) is 12.7. The molecule has 2 aromatic rings.